The average Bonchev–Trinajstić information content (AvgIpc) is 3.53. The summed E-state index contributed by atoms with van der Waals surface area (Å²) in [7, 11) is 3.02. The van der Waals surface area contributed by atoms with Gasteiger partial charge in [-0.3, -0.25) is 9.69 Å². The molecule has 2 saturated heterocycles. The van der Waals surface area contributed by atoms with Crippen LogP contribution in [0.15, 0.2) is 40.9 Å². The predicted octanol–water partition coefficient (Wildman–Crippen LogP) is 5.09. The lowest BCUT2D eigenvalue weighted by Crippen LogP contribution is -2.36. The second-order valence-corrected chi connectivity index (χ2v) is 12.5. The highest BCUT2D eigenvalue weighted by Gasteiger charge is 2.32. The van der Waals surface area contributed by atoms with Crippen molar-refractivity contribution in [1.82, 2.24) is 19.8 Å². The first kappa shape index (κ1) is 33.9. The van der Waals surface area contributed by atoms with E-state index in [0.29, 0.717) is 31.7 Å². The van der Waals surface area contributed by atoms with Gasteiger partial charge in [-0.1, -0.05) is 30.3 Å². The van der Waals surface area contributed by atoms with Gasteiger partial charge in [0.1, 0.15) is 18.4 Å². The van der Waals surface area contributed by atoms with Crippen LogP contribution in [0.1, 0.15) is 48.8 Å². The molecule has 0 radical (unpaired) electrons. The molecule has 248 valence electrons. The van der Waals surface area contributed by atoms with Gasteiger partial charge in [0.25, 0.3) is 0 Å². The molecule has 2 aliphatic rings. The number of nitrogens with zero attached hydrogens (tertiary/aromatic N) is 4. The summed E-state index contributed by atoms with van der Waals surface area (Å²) in [5.41, 5.74) is 4.61. The summed E-state index contributed by atoms with van der Waals surface area (Å²) in [4.78, 5) is 24.9. The van der Waals surface area contributed by atoms with E-state index in [4.69, 9.17) is 18.9 Å². The van der Waals surface area contributed by atoms with Crippen molar-refractivity contribution in [3.05, 3.63) is 57.6 Å². The van der Waals surface area contributed by atoms with Gasteiger partial charge < -0.3 is 34.1 Å². The second kappa shape index (κ2) is 15.9. The Morgan fingerprint density at radius 1 is 0.978 bits per heavy atom. The Kier molecular flexibility index (Phi) is 11.7. The fourth-order valence-electron chi connectivity index (χ4n) is 6.18. The maximum absolute atomic E-state index is 11.7. The number of carboxylic acid groups (broad SMARTS) is 1. The van der Waals surface area contributed by atoms with Crippen LogP contribution in [-0.4, -0.2) is 95.1 Å². The van der Waals surface area contributed by atoms with Crippen LogP contribution in [0, 0.1) is 6.92 Å². The molecule has 2 N–H and O–H groups in total. The van der Waals surface area contributed by atoms with Crippen LogP contribution in [0.2, 0.25) is 0 Å². The minimum Gasteiger partial charge on any atom is -0.493 e. The molecule has 0 amide bonds. The minimum atomic E-state index is -0.843. The van der Waals surface area contributed by atoms with E-state index in [1.165, 1.54) is 14.2 Å². The summed E-state index contributed by atoms with van der Waals surface area (Å²) in [5.74, 6) is 0.585. The average molecular weight is 700 g/mol. The van der Waals surface area contributed by atoms with Gasteiger partial charge >= 0.3 is 12.0 Å². The van der Waals surface area contributed by atoms with Crippen LogP contribution in [0.5, 0.6) is 23.5 Å². The highest BCUT2D eigenvalue weighted by atomic mass is 79.9. The Morgan fingerprint density at radius 3 is 2.37 bits per heavy atom. The van der Waals surface area contributed by atoms with E-state index in [0.717, 1.165) is 77.8 Å². The number of carboxylic acids is 1. The molecular formula is C34H43BrN4O7. The summed E-state index contributed by atoms with van der Waals surface area (Å²) in [6.45, 7) is 6.69. The highest BCUT2D eigenvalue weighted by molar-refractivity contribution is 9.10. The molecule has 46 heavy (non-hydrogen) atoms. The number of carbonyl (C=O) groups is 1. The molecule has 1 atom stereocenters. The third-order valence-electron chi connectivity index (χ3n) is 8.75. The van der Waals surface area contributed by atoms with E-state index < -0.39 is 12.0 Å². The van der Waals surface area contributed by atoms with Crippen molar-refractivity contribution >= 4 is 21.9 Å². The smallest absolute Gasteiger partial charge is 0.323 e. The summed E-state index contributed by atoms with van der Waals surface area (Å²) < 4.78 is 24.3. The molecule has 3 heterocycles. The van der Waals surface area contributed by atoms with E-state index >= 15 is 0 Å². The molecular weight excluding hydrogens is 656 g/mol. The van der Waals surface area contributed by atoms with Gasteiger partial charge in [0, 0.05) is 36.2 Å². The molecule has 0 bridgehead atoms. The predicted molar refractivity (Wildman–Crippen MR) is 177 cm³/mol. The zero-order chi connectivity index (χ0) is 32.6. The molecule has 2 aromatic carbocycles. The molecule has 3 aromatic rings. The van der Waals surface area contributed by atoms with Crippen LogP contribution < -0.4 is 18.9 Å². The van der Waals surface area contributed by atoms with E-state index in [1.54, 1.807) is 0 Å². The van der Waals surface area contributed by atoms with Crippen molar-refractivity contribution in [3.8, 4) is 34.6 Å². The standard InChI is InChI=1S/C34H43BrN4O7/c1-22-25(9-5-12-29(22)45-19-7-15-38-17-13-24(40)14-18-38)26-10-4-8-23(30(26)35)21-46-34-36-31(43-2)27(32(37-34)44-3)20-39-16-6-11-28(39)33(41)42/h4-5,8-10,12,24,28,40H,6-7,11,13-21H2,1-3H3,(H,41,42)/t28-/m0/s1. The lowest BCUT2D eigenvalue weighted by Gasteiger charge is -2.29. The highest BCUT2D eigenvalue weighted by Crippen LogP contribution is 2.37. The summed E-state index contributed by atoms with van der Waals surface area (Å²) in [5, 5.41) is 19.3. The second-order valence-electron chi connectivity index (χ2n) is 11.7. The number of hydrogen-bond acceptors (Lipinski definition) is 10. The number of hydrogen-bond donors (Lipinski definition) is 2. The maximum Gasteiger partial charge on any atom is 0.323 e. The number of piperidine rings is 1. The topological polar surface area (TPSA) is 127 Å². The van der Waals surface area contributed by atoms with E-state index in [9.17, 15) is 15.0 Å². The number of rotatable bonds is 14. The fourth-order valence-corrected chi connectivity index (χ4v) is 6.77. The third-order valence-corrected chi connectivity index (χ3v) is 9.69. The Bertz CT molecular complexity index is 1470. The van der Waals surface area contributed by atoms with Gasteiger partial charge in [-0.2, -0.15) is 9.97 Å². The Morgan fingerprint density at radius 2 is 1.67 bits per heavy atom. The van der Waals surface area contributed by atoms with Gasteiger partial charge in [0.05, 0.1) is 32.5 Å². The van der Waals surface area contributed by atoms with Crippen molar-refractivity contribution in [2.24, 2.45) is 0 Å². The number of benzene rings is 2. The molecule has 0 spiro atoms. The van der Waals surface area contributed by atoms with Crippen molar-refractivity contribution in [3.63, 3.8) is 0 Å². The number of halogens is 1. The zero-order valence-electron chi connectivity index (χ0n) is 26.7. The number of aliphatic carboxylic acids is 1. The van der Waals surface area contributed by atoms with Gasteiger partial charge in [0.15, 0.2) is 0 Å². The summed E-state index contributed by atoms with van der Waals surface area (Å²) >= 11 is 3.81. The minimum absolute atomic E-state index is 0.0956. The lowest BCUT2D eigenvalue weighted by molar-refractivity contribution is -0.142. The maximum atomic E-state index is 11.7. The molecule has 2 fully saturated rings. The van der Waals surface area contributed by atoms with Crippen LogP contribution in [0.25, 0.3) is 11.1 Å². The number of ether oxygens (including phenoxy) is 4. The first-order valence-corrected chi connectivity index (χ1v) is 16.6. The van der Waals surface area contributed by atoms with Crippen molar-refractivity contribution in [1.29, 1.82) is 0 Å². The largest absolute Gasteiger partial charge is 0.493 e. The van der Waals surface area contributed by atoms with Crippen LogP contribution in [0.3, 0.4) is 0 Å². The Hall–Kier alpha value is -3.45. The number of aromatic nitrogens is 2. The van der Waals surface area contributed by atoms with Gasteiger partial charge in [0.2, 0.25) is 11.8 Å². The SMILES string of the molecule is COc1nc(OCc2cccc(-c3cccc(OCCCN4CCC(O)CC4)c3C)c2Br)nc(OC)c1CN1CCC[C@H]1C(=O)O. The summed E-state index contributed by atoms with van der Waals surface area (Å²) in [6.07, 6.45) is 3.86. The zero-order valence-corrected chi connectivity index (χ0v) is 28.3. The molecule has 12 heteroatoms. The molecule has 1 aromatic heterocycles. The fraction of sp³-hybridized carbons (Fsp3) is 0.500. The summed E-state index contributed by atoms with van der Waals surface area (Å²) in [6, 6.07) is 11.7. The van der Waals surface area contributed by atoms with E-state index in [-0.39, 0.29) is 30.5 Å². The van der Waals surface area contributed by atoms with Crippen LogP contribution >= 0.6 is 15.9 Å². The van der Waals surface area contributed by atoms with Crippen LogP contribution in [0.4, 0.5) is 0 Å². The van der Waals surface area contributed by atoms with Crippen LogP contribution in [-0.2, 0) is 17.9 Å². The number of likely N-dealkylation sites (tertiary alicyclic amines) is 2. The number of aliphatic hydroxyl groups excluding tert-OH is 1. The monoisotopic (exact) mass is 698 g/mol. The number of aliphatic hydroxyl groups is 1. The van der Waals surface area contributed by atoms with Gasteiger partial charge in [-0.05, 0) is 84.3 Å². The third kappa shape index (κ3) is 8.09. The molecule has 0 unspecified atom stereocenters. The Balaban J connectivity index is 1.25. The van der Waals surface area contributed by atoms with Crippen molar-refractivity contribution in [2.75, 3.05) is 47.0 Å². The normalized spacial score (nSPS) is 17.6. The van der Waals surface area contributed by atoms with E-state index in [2.05, 4.69) is 49.9 Å². The molecule has 0 saturated carbocycles. The number of methoxy groups -OCH3 is 2. The molecule has 2 aliphatic heterocycles. The van der Waals surface area contributed by atoms with Gasteiger partial charge in [-0.25, -0.2) is 0 Å². The lowest BCUT2D eigenvalue weighted by atomic mass is 9.98. The quantitative estimate of drug-likeness (QED) is 0.219. The van der Waals surface area contributed by atoms with Crippen molar-refractivity contribution < 1.29 is 34.0 Å². The first-order valence-electron chi connectivity index (χ1n) is 15.8. The van der Waals surface area contributed by atoms with Gasteiger partial charge in [-0.15, -0.1) is 0 Å². The first-order chi connectivity index (χ1) is 22.3. The molecule has 0 aliphatic carbocycles. The Labute approximate surface area is 278 Å². The van der Waals surface area contributed by atoms with Crippen molar-refractivity contribution in [2.45, 2.75) is 64.3 Å². The van der Waals surface area contributed by atoms with E-state index in [1.807, 2.05) is 29.2 Å². The molecule has 5 rings (SSSR count). The molecule has 11 nitrogen and oxygen atoms in total.